The van der Waals surface area contributed by atoms with Crippen LogP contribution < -0.4 is 11.1 Å². The highest BCUT2D eigenvalue weighted by Gasteiger charge is 2.07. The molecule has 2 aromatic rings. The number of aromatic nitrogens is 2. The quantitative estimate of drug-likeness (QED) is 0.848. The summed E-state index contributed by atoms with van der Waals surface area (Å²) in [4.78, 5) is 0. The Balaban J connectivity index is 2.33. The molecule has 0 aliphatic heterocycles. The number of anilines is 3. The highest BCUT2D eigenvalue weighted by atomic mass is 35.5. The van der Waals surface area contributed by atoms with Crippen LogP contribution in [0.5, 0.6) is 0 Å². The first-order valence-corrected chi connectivity index (χ1v) is 4.95. The predicted molar refractivity (Wildman–Crippen MR) is 62.3 cm³/mol. The molecule has 4 nitrogen and oxygen atoms in total. The lowest BCUT2D eigenvalue weighted by atomic mass is 10.3. The van der Waals surface area contributed by atoms with Crippen LogP contribution in [0.25, 0.3) is 0 Å². The van der Waals surface area contributed by atoms with E-state index >= 15 is 0 Å². The van der Waals surface area contributed by atoms with E-state index in [0.717, 1.165) is 0 Å². The largest absolute Gasteiger partial charge is 0.394 e. The lowest BCUT2D eigenvalue weighted by molar-refractivity contribution is 0.628. The summed E-state index contributed by atoms with van der Waals surface area (Å²) < 4.78 is 14.6. The molecular formula is C10H10ClFN4. The number of hydrogen-bond acceptors (Lipinski definition) is 3. The van der Waals surface area contributed by atoms with Crippen molar-refractivity contribution in [2.45, 2.75) is 0 Å². The summed E-state index contributed by atoms with van der Waals surface area (Å²) in [5.74, 6) is 0.0800. The molecule has 0 radical (unpaired) electrons. The highest BCUT2D eigenvalue weighted by Crippen LogP contribution is 2.27. The van der Waals surface area contributed by atoms with Crippen LogP contribution in [0, 0.1) is 5.82 Å². The fourth-order valence-corrected chi connectivity index (χ4v) is 1.49. The average Bonchev–Trinajstić information content (AvgIpc) is 2.51. The second-order valence-electron chi connectivity index (χ2n) is 3.36. The first-order valence-electron chi connectivity index (χ1n) is 4.57. The van der Waals surface area contributed by atoms with Gasteiger partial charge in [-0.1, -0.05) is 11.6 Å². The van der Waals surface area contributed by atoms with Crippen molar-refractivity contribution in [1.82, 2.24) is 9.78 Å². The molecule has 0 fully saturated rings. The van der Waals surface area contributed by atoms with Crippen LogP contribution >= 0.6 is 11.6 Å². The molecule has 0 aliphatic carbocycles. The molecule has 0 saturated heterocycles. The Labute approximate surface area is 96.8 Å². The van der Waals surface area contributed by atoms with Crippen molar-refractivity contribution < 1.29 is 4.39 Å². The van der Waals surface area contributed by atoms with Crippen molar-refractivity contribution in [2.24, 2.45) is 7.05 Å². The number of nitrogens with one attached hydrogen (secondary N) is 1. The molecule has 0 atom stereocenters. The van der Waals surface area contributed by atoms with E-state index in [2.05, 4.69) is 10.4 Å². The van der Waals surface area contributed by atoms with Crippen molar-refractivity contribution in [3.05, 3.63) is 35.2 Å². The summed E-state index contributed by atoms with van der Waals surface area (Å²) >= 11 is 5.90. The third-order valence-electron chi connectivity index (χ3n) is 2.04. The summed E-state index contributed by atoms with van der Waals surface area (Å²) in [5, 5.41) is 7.36. The Morgan fingerprint density at radius 1 is 1.50 bits per heavy atom. The Morgan fingerprint density at radius 2 is 2.25 bits per heavy atom. The molecule has 0 bridgehead atoms. The second-order valence-corrected chi connectivity index (χ2v) is 3.76. The number of benzene rings is 1. The minimum atomic E-state index is -0.374. The van der Waals surface area contributed by atoms with E-state index in [0.29, 0.717) is 22.2 Å². The topological polar surface area (TPSA) is 55.9 Å². The Kier molecular flexibility index (Phi) is 2.70. The number of halogens is 2. The van der Waals surface area contributed by atoms with Gasteiger partial charge in [0.1, 0.15) is 5.82 Å². The molecule has 1 heterocycles. The molecule has 84 valence electrons. The zero-order valence-corrected chi connectivity index (χ0v) is 9.29. The summed E-state index contributed by atoms with van der Waals surface area (Å²) in [6.07, 6.45) is 1.65. The van der Waals surface area contributed by atoms with Crippen LogP contribution in [0.15, 0.2) is 24.4 Å². The normalized spacial score (nSPS) is 10.4. The van der Waals surface area contributed by atoms with Crippen LogP contribution in [0.4, 0.5) is 21.6 Å². The Morgan fingerprint density at radius 3 is 2.88 bits per heavy atom. The van der Waals surface area contributed by atoms with Crippen molar-refractivity contribution in [2.75, 3.05) is 11.1 Å². The van der Waals surface area contributed by atoms with Gasteiger partial charge in [0, 0.05) is 13.2 Å². The van der Waals surface area contributed by atoms with Gasteiger partial charge < -0.3 is 11.1 Å². The first kappa shape index (κ1) is 10.8. The minimum Gasteiger partial charge on any atom is -0.394 e. The molecular weight excluding hydrogens is 231 g/mol. The van der Waals surface area contributed by atoms with Gasteiger partial charge in [-0.3, -0.25) is 4.68 Å². The van der Waals surface area contributed by atoms with Gasteiger partial charge in [0.05, 0.1) is 16.4 Å². The van der Waals surface area contributed by atoms with Crippen LogP contribution in [0.1, 0.15) is 0 Å². The minimum absolute atomic E-state index is 0.374. The van der Waals surface area contributed by atoms with E-state index in [9.17, 15) is 4.39 Å². The van der Waals surface area contributed by atoms with Gasteiger partial charge in [0.15, 0.2) is 5.82 Å². The molecule has 1 aromatic heterocycles. The summed E-state index contributed by atoms with van der Waals surface area (Å²) in [6.45, 7) is 0. The van der Waals surface area contributed by atoms with Crippen molar-refractivity contribution in [1.29, 1.82) is 0 Å². The highest BCUT2D eigenvalue weighted by molar-refractivity contribution is 6.33. The zero-order valence-electron chi connectivity index (χ0n) is 8.54. The molecule has 0 saturated carbocycles. The SMILES string of the molecule is Cn1cc(N)c(Nc2cc(F)ccc2Cl)n1. The van der Waals surface area contributed by atoms with E-state index < -0.39 is 0 Å². The van der Waals surface area contributed by atoms with Gasteiger partial charge >= 0.3 is 0 Å². The van der Waals surface area contributed by atoms with Gasteiger partial charge in [-0.05, 0) is 18.2 Å². The van der Waals surface area contributed by atoms with Gasteiger partial charge in [-0.25, -0.2) is 4.39 Å². The third kappa shape index (κ3) is 2.09. The molecule has 3 N–H and O–H groups in total. The predicted octanol–water partition coefficient (Wildman–Crippen LogP) is 2.54. The van der Waals surface area contributed by atoms with Crippen LogP contribution in [-0.4, -0.2) is 9.78 Å². The molecule has 0 spiro atoms. The fourth-order valence-electron chi connectivity index (χ4n) is 1.32. The van der Waals surface area contributed by atoms with Crippen LogP contribution in [0.3, 0.4) is 0 Å². The fraction of sp³-hybridized carbons (Fsp3) is 0.100. The summed E-state index contributed by atoms with van der Waals surface area (Å²) in [7, 11) is 1.74. The second kappa shape index (κ2) is 4.02. The summed E-state index contributed by atoms with van der Waals surface area (Å²) in [5.41, 5.74) is 6.61. The Bertz CT molecular complexity index is 524. The Hall–Kier alpha value is -1.75. The number of aryl methyl sites for hydroxylation is 1. The molecule has 0 unspecified atom stereocenters. The molecule has 2 rings (SSSR count). The van der Waals surface area contributed by atoms with Gasteiger partial charge in [-0.2, -0.15) is 5.10 Å². The first-order chi connectivity index (χ1) is 7.56. The van der Waals surface area contributed by atoms with Crippen molar-refractivity contribution in [3.63, 3.8) is 0 Å². The maximum absolute atomic E-state index is 13.0. The van der Waals surface area contributed by atoms with E-state index in [1.54, 1.807) is 17.9 Å². The molecule has 0 amide bonds. The smallest absolute Gasteiger partial charge is 0.175 e. The number of nitrogens with zero attached hydrogens (tertiary/aromatic N) is 2. The van der Waals surface area contributed by atoms with E-state index in [1.807, 2.05) is 0 Å². The molecule has 1 aromatic carbocycles. The molecule has 6 heteroatoms. The number of nitrogen functional groups attached to an aromatic ring is 1. The zero-order chi connectivity index (χ0) is 11.7. The summed E-state index contributed by atoms with van der Waals surface area (Å²) in [6, 6.07) is 4.05. The maximum Gasteiger partial charge on any atom is 0.175 e. The van der Waals surface area contributed by atoms with E-state index in [-0.39, 0.29) is 5.82 Å². The van der Waals surface area contributed by atoms with Crippen molar-refractivity contribution in [3.8, 4) is 0 Å². The monoisotopic (exact) mass is 240 g/mol. The van der Waals surface area contributed by atoms with Gasteiger partial charge in [0.2, 0.25) is 0 Å². The number of hydrogen-bond donors (Lipinski definition) is 2. The number of nitrogens with two attached hydrogens (primary N) is 1. The lowest BCUT2D eigenvalue weighted by Gasteiger charge is -2.06. The van der Waals surface area contributed by atoms with Crippen LogP contribution in [0.2, 0.25) is 5.02 Å². The standard InChI is InChI=1S/C10H10ClFN4/c1-16-5-8(13)10(15-16)14-9-4-6(12)2-3-7(9)11/h2-5H,13H2,1H3,(H,14,15). The van der Waals surface area contributed by atoms with Crippen LogP contribution in [-0.2, 0) is 7.05 Å². The van der Waals surface area contributed by atoms with E-state index in [4.69, 9.17) is 17.3 Å². The average molecular weight is 241 g/mol. The van der Waals surface area contributed by atoms with Gasteiger partial charge in [-0.15, -0.1) is 0 Å². The maximum atomic E-state index is 13.0. The molecule has 16 heavy (non-hydrogen) atoms. The van der Waals surface area contributed by atoms with Crippen molar-refractivity contribution >= 4 is 28.8 Å². The van der Waals surface area contributed by atoms with E-state index in [1.165, 1.54) is 18.2 Å². The molecule has 0 aliphatic rings. The lowest BCUT2D eigenvalue weighted by Crippen LogP contribution is -1.97. The third-order valence-corrected chi connectivity index (χ3v) is 2.37. The van der Waals surface area contributed by atoms with Gasteiger partial charge in [0.25, 0.3) is 0 Å². The number of rotatable bonds is 2.